The molecule has 0 bridgehead atoms. The van der Waals surface area contributed by atoms with Gasteiger partial charge in [0.25, 0.3) is 0 Å². The van der Waals surface area contributed by atoms with Crippen molar-refractivity contribution >= 4 is 11.7 Å². The van der Waals surface area contributed by atoms with Crippen molar-refractivity contribution in [2.75, 3.05) is 13.2 Å². The van der Waals surface area contributed by atoms with Gasteiger partial charge in [-0.1, -0.05) is 36.4 Å². The topological polar surface area (TPSA) is 147 Å². The summed E-state index contributed by atoms with van der Waals surface area (Å²) >= 11 is 0. The molecule has 1 heterocycles. The number of hydrogen-bond donors (Lipinski definition) is 1. The molecule has 0 saturated carbocycles. The Labute approximate surface area is 206 Å². The lowest BCUT2D eigenvalue weighted by Gasteiger charge is -2.27. The fourth-order valence-electron chi connectivity index (χ4n) is 3.85. The lowest BCUT2D eigenvalue weighted by atomic mass is 9.83. The fraction of sp³-hybridized carbons (Fsp3) is 0.154. The van der Waals surface area contributed by atoms with Crippen molar-refractivity contribution < 1.29 is 28.7 Å². The SMILES string of the molecule is CCOc1ccccc1C1C(C#N)=C(N)Oc2cc(OC(=O)COc3ccccc3[N+](=O)[O-])ccc21. The van der Waals surface area contributed by atoms with E-state index in [0.29, 0.717) is 23.7 Å². The van der Waals surface area contributed by atoms with Crippen LogP contribution in [-0.4, -0.2) is 24.1 Å². The van der Waals surface area contributed by atoms with E-state index in [1.165, 1.54) is 24.3 Å². The lowest BCUT2D eigenvalue weighted by Crippen LogP contribution is -2.22. The Morgan fingerprint density at radius 3 is 2.53 bits per heavy atom. The van der Waals surface area contributed by atoms with E-state index in [1.807, 2.05) is 31.2 Å². The molecule has 1 aliphatic heterocycles. The van der Waals surface area contributed by atoms with E-state index in [-0.39, 0.29) is 28.6 Å². The molecule has 0 aliphatic carbocycles. The van der Waals surface area contributed by atoms with Crippen LogP contribution in [0.5, 0.6) is 23.0 Å². The van der Waals surface area contributed by atoms with Gasteiger partial charge in [-0.2, -0.15) is 5.26 Å². The van der Waals surface area contributed by atoms with E-state index in [0.717, 1.165) is 5.56 Å². The maximum absolute atomic E-state index is 12.3. The van der Waals surface area contributed by atoms with Gasteiger partial charge in [-0.15, -0.1) is 0 Å². The molecule has 0 aromatic heterocycles. The molecule has 0 saturated heterocycles. The third-order valence-corrected chi connectivity index (χ3v) is 5.36. The van der Waals surface area contributed by atoms with Crippen LogP contribution in [0.2, 0.25) is 0 Å². The van der Waals surface area contributed by atoms with Gasteiger partial charge in [-0.25, -0.2) is 4.79 Å². The predicted molar refractivity (Wildman–Crippen MR) is 128 cm³/mol. The van der Waals surface area contributed by atoms with E-state index in [2.05, 4.69) is 6.07 Å². The molecular weight excluding hydrogens is 466 g/mol. The Morgan fingerprint density at radius 1 is 1.08 bits per heavy atom. The van der Waals surface area contributed by atoms with Crippen LogP contribution in [0.3, 0.4) is 0 Å². The first kappa shape index (κ1) is 24.1. The van der Waals surface area contributed by atoms with Crippen LogP contribution in [-0.2, 0) is 4.79 Å². The molecule has 3 aromatic rings. The second-order valence-corrected chi connectivity index (χ2v) is 7.58. The number of rotatable bonds is 8. The first-order valence-electron chi connectivity index (χ1n) is 10.9. The quantitative estimate of drug-likeness (QED) is 0.214. The van der Waals surface area contributed by atoms with Gasteiger partial charge >= 0.3 is 11.7 Å². The minimum absolute atomic E-state index is 0.0500. The molecule has 10 heteroatoms. The number of hydrogen-bond acceptors (Lipinski definition) is 9. The number of nitrogens with two attached hydrogens (primary N) is 1. The summed E-state index contributed by atoms with van der Waals surface area (Å²) in [6, 6.07) is 19.9. The highest BCUT2D eigenvalue weighted by molar-refractivity contribution is 5.74. The number of esters is 1. The zero-order chi connectivity index (χ0) is 25.7. The maximum Gasteiger partial charge on any atom is 0.349 e. The fourth-order valence-corrected chi connectivity index (χ4v) is 3.85. The zero-order valence-corrected chi connectivity index (χ0v) is 19.2. The van der Waals surface area contributed by atoms with Crippen molar-refractivity contribution in [1.82, 2.24) is 0 Å². The summed E-state index contributed by atoms with van der Waals surface area (Å²) in [6.07, 6.45) is 0. The number of nitriles is 1. The highest BCUT2D eigenvalue weighted by Gasteiger charge is 2.33. The number of carbonyl (C=O) groups excluding carboxylic acids is 1. The molecule has 10 nitrogen and oxygen atoms in total. The standard InChI is InChI=1S/C26H21N3O7/c1-2-33-21-9-5-3-7-17(21)25-18-12-11-16(13-23(18)36-26(28)19(25)14-27)35-24(30)15-34-22-10-6-4-8-20(22)29(31)32/h3-13,25H,2,15,28H2,1H3. The first-order chi connectivity index (χ1) is 17.4. The van der Waals surface area contributed by atoms with Gasteiger partial charge in [0.2, 0.25) is 5.88 Å². The molecule has 4 rings (SSSR count). The minimum atomic E-state index is -0.775. The molecule has 36 heavy (non-hydrogen) atoms. The summed E-state index contributed by atoms with van der Waals surface area (Å²) in [5, 5.41) is 20.9. The third kappa shape index (κ3) is 4.90. The Bertz CT molecular complexity index is 1390. The van der Waals surface area contributed by atoms with Crippen LogP contribution >= 0.6 is 0 Å². The molecule has 3 aromatic carbocycles. The number of fused-ring (bicyclic) bond motifs is 1. The predicted octanol–water partition coefficient (Wildman–Crippen LogP) is 4.20. The van der Waals surface area contributed by atoms with Gasteiger partial charge in [-0.3, -0.25) is 10.1 Å². The molecular formula is C26H21N3O7. The molecule has 0 amide bonds. The Kier molecular flexibility index (Phi) is 7.02. The summed E-state index contributed by atoms with van der Waals surface area (Å²) in [6.45, 7) is 1.76. The Hall–Kier alpha value is -5.04. The highest BCUT2D eigenvalue weighted by Crippen LogP contribution is 2.45. The van der Waals surface area contributed by atoms with Gasteiger partial charge in [0.15, 0.2) is 12.4 Å². The number of para-hydroxylation sites is 3. The number of allylic oxidation sites excluding steroid dienone is 1. The highest BCUT2D eigenvalue weighted by atomic mass is 16.6. The van der Waals surface area contributed by atoms with E-state index in [4.69, 9.17) is 24.7 Å². The molecule has 0 spiro atoms. The van der Waals surface area contributed by atoms with Crippen LogP contribution < -0.4 is 24.7 Å². The summed E-state index contributed by atoms with van der Waals surface area (Å²) in [7, 11) is 0. The van der Waals surface area contributed by atoms with Crippen molar-refractivity contribution in [3.8, 4) is 29.1 Å². The maximum atomic E-state index is 12.3. The summed E-state index contributed by atoms with van der Waals surface area (Å²) in [5.74, 6) is -0.365. The van der Waals surface area contributed by atoms with Crippen LogP contribution in [0.4, 0.5) is 5.69 Å². The number of ether oxygens (including phenoxy) is 4. The number of benzene rings is 3. The second kappa shape index (κ2) is 10.5. The lowest BCUT2D eigenvalue weighted by molar-refractivity contribution is -0.385. The van der Waals surface area contributed by atoms with Crippen LogP contribution in [0.15, 0.2) is 78.2 Å². The normalized spacial score (nSPS) is 14.2. The zero-order valence-electron chi connectivity index (χ0n) is 19.2. The molecule has 1 aliphatic rings. The molecule has 182 valence electrons. The van der Waals surface area contributed by atoms with Gasteiger partial charge < -0.3 is 24.7 Å². The molecule has 1 unspecified atom stereocenters. The van der Waals surface area contributed by atoms with E-state index in [9.17, 15) is 20.2 Å². The number of nitro benzene ring substituents is 1. The van der Waals surface area contributed by atoms with Crippen molar-refractivity contribution in [2.24, 2.45) is 5.73 Å². The summed E-state index contributed by atoms with van der Waals surface area (Å²) in [4.78, 5) is 22.9. The first-order valence-corrected chi connectivity index (χ1v) is 10.9. The second-order valence-electron chi connectivity index (χ2n) is 7.58. The molecule has 0 radical (unpaired) electrons. The summed E-state index contributed by atoms with van der Waals surface area (Å²) < 4.78 is 22.0. The summed E-state index contributed by atoms with van der Waals surface area (Å²) in [5.41, 5.74) is 7.42. The smallest absolute Gasteiger partial charge is 0.349 e. The van der Waals surface area contributed by atoms with E-state index in [1.54, 1.807) is 18.2 Å². The Morgan fingerprint density at radius 2 is 1.81 bits per heavy atom. The average molecular weight is 487 g/mol. The van der Waals surface area contributed by atoms with Crippen molar-refractivity contribution in [3.05, 3.63) is 99.4 Å². The van der Waals surface area contributed by atoms with E-state index < -0.39 is 23.4 Å². The average Bonchev–Trinajstić information content (AvgIpc) is 2.87. The van der Waals surface area contributed by atoms with Crippen LogP contribution in [0.25, 0.3) is 0 Å². The largest absolute Gasteiger partial charge is 0.494 e. The van der Waals surface area contributed by atoms with Crippen LogP contribution in [0, 0.1) is 21.4 Å². The van der Waals surface area contributed by atoms with Crippen molar-refractivity contribution in [3.63, 3.8) is 0 Å². The van der Waals surface area contributed by atoms with Crippen molar-refractivity contribution in [1.29, 1.82) is 5.26 Å². The number of nitrogens with zero attached hydrogens (tertiary/aromatic N) is 2. The van der Waals surface area contributed by atoms with Gasteiger partial charge in [-0.05, 0) is 25.1 Å². The van der Waals surface area contributed by atoms with Gasteiger partial charge in [0.05, 0.1) is 17.4 Å². The van der Waals surface area contributed by atoms with Gasteiger partial charge in [0.1, 0.15) is 28.9 Å². The monoisotopic (exact) mass is 487 g/mol. The number of nitro groups is 1. The third-order valence-electron chi connectivity index (χ3n) is 5.36. The molecule has 0 fully saturated rings. The number of carbonyl (C=O) groups is 1. The minimum Gasteiger partial charge on any atom is -0.494 e. The Balaban J connectivity index is 1.57. The van der Waals surface area contributed by atoms with Gasteiger partial charge in [0, 0.05) is 23.3 Å². The molecule has 2 N–H and O–H groups in total. The molecule has 1 atom stereocenters. The van der Waals surface area contributed by atoms with Crippen molar-refractivity contribution in [2.45, 2.75) is 12.8 Å². The van der Waals surface area contributed by atoms with Crippen LogP contribution in [0.1, 0.15) is 24.0 Å². The van der Waals surface area contributed by atoms with E-state index >= 15 is 0 Å².